The van der Waals surface area contributed by atoms with Crippen LogP contribution in [0.15, 0.2) is 4.99 Å². The zero-order valence-electron chi connectivity index (χ0n) is 5.22. The van der Waals surface area contributed by atoms with Crippen LogP contribution in [-0.4, -0.2) is 17.1 Å². The second-order valence-electron chi connectivity index (χ2n) is 1.95. The molecule has 0 aliphatic carbocycles. The maximum Gasteiger partial charge on any atom is 0.348 e. The fourth-order valence-corrected chi connectivity index (χ4v) is 0.719. The third-order valence-corrected chi connectivity index (χ3v) is 1.60. The second-order valence-corrected chi connectivity index (χ2v) is 2.34. The molecule has 1 heterocycles. The molecule has 0 radical (unpaired) electrons. The van der Waals surface area contributed by atoms with Crippen LogP contribution in [0.25, 0.3) is 0 Å². The molecule has 0 aromatic carbocycles. The van der Waals surface area contributed by atoms with Crippen molar-refractivity contribution < 1.29 is 9.59 Å². The quantitative estimate of drug-likeness (QED) is 0.561. The first kappa shape index (κ1) is 7.21. The largest absolute Gasteiger partial charge is 0.348 e. The van der Waals surface area contributed by atoms with Gasteiger partial charge in [-0.3, -0.25) is 10.1 Å². The Bertz CT molecular complexity index is 224. The average molecular weight is 161 g/mol. The molecular formula is C5H5ClN2O2. The van der Waals surface area contributed by atoms with Gasteiger partial charge in [-0.25, -0.2) is 4.79 Å². The fraction of sp³-hybridized carbons (Fsp3) is 0.400. The van der Waals surface area contributed by atoms with Crippen molar-refractivity contribution in [2.45, 2.75) is 6.92 Å². The van der Waals surface area contributed by atoms with E-state index in [1.54, 1.807) is 6.92 Å². The Morgan fingerprint density at radius 3 is 2.70 bits per heavy atom. The third kappa shape index (κ3) is 1.16. The summed E-state index contributed by atoms with van der Waals surface area (Å²) in [4.78, 5) is 24.5. The van der Waals surface area contributed by atoms with Gasteiger partial charge in [-0.2, -0.15) is 4.99 Å². The Labute approximate surface area is 62.3 Å². The SMILES string of the molecule is CC1C(=O)NC(=O)N=C1Cl. The van der Waals surface area contributed by atoms with Crippen LogP contribution in [-0.2, 0) is 4.79 Å². The molecule has 0 bridgehead atoms. The van der Waals surface area contributed by atoms with Crippen molar-refractivity contribution in [3.63, 3.8) is 0 Å². The van der Waals surface area contributed by atoms with E-state index in [1.165, 1.54) is 0 Å². The number of hydrogen-bond donors (Lipinski definition) is 1. The number of carbonyl (C=O) groups is 2. The van der Waals surface area contributed by atoms with E-state index in [4.69, 9.17) is 11.6 Å². The Kier molecular flexibility index (Phi) is 1.72. The summed E-state index contributed by atoms with van der Waals surface area (Å²) in [6, 6.07) is -0.687. The van der Waals surface area contributed by atoms with Crippen LogP contribution in [0.3, 0.4) is 0 Å². The number of nitrogens with zero attached hydrogens (tertiary/aromatic N) is 1. The maximum atomic E-state index is 10.7. The molecule has 1 unspecified atom stereocenters. The minimum Gasteiger partial charge on any atom is -0.276 e. The summed E-state index contributed by atoms with van der Waals surface area (Å²) in [5.74, 6) is -0.899. The van der Waals surface area contributed by atoms with E-state index in [9.17, 15) is 9.59 Å². The predicted octanol–water partition coefficient (Wildman–Crippen LogP) is 0.510. The topological polar surface area (TPSA) is 58.5 Å². The monoisotopic (exact) mass is 160 g/mol. The Morgan fingerprint density at radius 1 is 1.60 bits per heavy atom. The molecule has 4 nitrogen and oxygen atoms in total. The zero-order valence-corrected chi connectivity index (χ0v) is 5.97. The van der Waals surface area contributed by atoms with Gasteiger partial charge in [0, 0.05) is 0 Å². The molecule has 1 aliphatic rings. The number of rotatable bonds is 0. The number of carbonyl (C=O) groups excluding carboxylic acids is 2. The van der Waals surface area contributed by atoms with Gasteiger partial charge in [0.25, 0.3) is 0 Å². The van der Waals surface area contributed by atoms with E-state index in [-0.39, 0.29) is 5.17 Å². The number of nitrogens with one attached hydrogen (secondary N) is 1. The normalized spacial score (nSPS) is 25.8. The average Bonchev–Trinajstić information content (AvgIpc) is 1.82. The number of aliphatic imine (C=N–C) groups is 1. The number of amides is 3. The van der Waals surface area contributed by atoms with E-state index in [0.29, 0.717) is 0 Å². The minimum absolute atomic E-state index is 0.0498. The highest BCUT2D eigenvalue weighted by atomic mass is 35.5. The first-order chi connectivity index (χ1) is 4.61. The number of halogens is 1. The molecular weight excluding hydrogens is 156 g/mol. The van der Waals surface area contributed by atoms with Gasteiger partial charge in [0.15, 0.2) is 0 Å². The van der Waals surface area contributed by atoms with Crippen molar-refractivity contribution in [1.82, 2.24) is 5.32 Å². The van der Waals surface area contributed by atoms with Crippen LogP contribution < -0.4 is 5.32 Å². The number of urea groups is 1. The standard InChI is InChI=1S/C5H5ClN2O2/c1-2-3(6)7-5(10)8-4(2)9/h2H,1H3,(H,8,9,10). The van der Waals surface area contributed by atoms with E-state index in [0.717, 1.165) is 0 Å². The zero-order chi connectivity index (χ0) is 7.72. The smallest absolute Gasteiger partial charge is 0.276 e. The van der Waals surface area contributed by atoms with Gasteiger partial charge in [0.2, 0.25) is 5.91 Å². The van der Waals surface area contributed by atoms with Crippen molar-refractivity contribution in [2.24, 2.45) is 10.9 Å². The van der Waals surface area contributed by atoms with Crippen molar-refractivity contribution in [3.05, 3.63) is 0 Å². The van der Waals surface area contributed by atoms with Crippen LogP contribution in [0.4, 0.5) is 4.79 Å². The van der Waals surface area contributed by atoms with Crippen LogP contribution in [0.5, 0.6) is 0 Å². The molecule has 0 fully saturated rings. The molecule has 0 saturated heterocycles. The van der Waals surface area contributed by atoms with Crippen molar-refractivity contribution in [1.29, 1.82) is 0 Å². The summed E-state index contributed by atoms with van der Waals surface area (Å²) < 4.78 is 0. The van der Waals surface area contributed by atoms with Gasteiger partial charge in [-0.1, -0.05) is 11.6 Å². The summed E-state index contributed by atoms with van der Waals surface area (Å²) in [6.45, 7) is 1.58. The van der Waals surface area contributed by atoms with Gasteiger partial charge in [-0.15, -0.1) is 0 Å². The van der Waals surface area contributed by atoms with Crippen molar-refractivity contribution in [2.75, 3.05) is 0 Å². The molecule has 1 aliphatic heterocycles. The molecule has 0 saturated carbocycles. The van der Waals surface area contributed by atoms with Crippen molar-refractivity contribution >= 4 is 28.7 Å². The van der Waals surface area contributed by atoms with Crippen LogP contribution in [0.2, 0.25) is 0 Å². The Balaban J connectivity index is 2.91. The lowest BCUT2D eigenvalue weighted by Crippen LogP contribution is -2.39. The van der Waals surface area contributed by atoms with Gasteiger partial charge >= 0.3 is 6.03 Å². The lowest BCUT2D eigenvalue weighted by Gasteiger charge is -2.12. The number of imide groups is 1. The highest BCUT2D eigenvalue weighted by molar-refractivity contribution is 6.68. The molecule has 5 heteroatoms. The molecule has 54 valence electrons. The van der Waals surface area contributed by atoms with Gasteiger partial charge in [0.1, 0.15) is 5.17 Å². The van der Waals surface area contributed by atoms with Gasteiger partial charge in [0.05, 0.1) is 5.92 Å². The summed E-state index contributed by atoms with van der Waals surface area (Å²) in [5.41, 5.74) is 0. The first-order valence-electron chi connectivity index (χ1n) is 2.70. The summed E-state index contributed by atoms with van der Waals surface area (Å²) in [5, 5.41) is 2.06. The first-order valence-corrected chi connectivity index (χ1v) is 3.08. The third-order valence-electron chi connectivity index (χ3n) is 1.19. The molecule has 1 atom stereocenters. The Hall–Kier alpha value is -0.900. The van der Waals surface area contributed by atoms with E-state index in [2.05, 4.69) is 4.99 Å². The minimum atomic E-state index is -0.687. The van der Waals surface area contributed by atoms with Gasteiger partial charge in [-0.05, 0) is 6.92 Å². The van der Waals surface area contributed by atoms with Crippen molar-refractivity contribution in [3.8, 4) is 0 Å². The lowest BCUT2D eigenvalue weighted by atomic mass is 10.2. The molecule has 1 N–H and O–H groups in total. The summed E-state index contributed by atoms with van der Waals surface area (Å²) in [7, 11) is 0. The summed E-state index contributed by atoms with van der Waals surface area (Å²) >= 11 is 5.43. The summed E-state index contributed by atoms with van der Waals surface area (Å²) in [6.07, 6.45) is 0. The van der Waals surface area contributed by atoms with Crippen LogP contribution in [0, 0.1) is 5.92 Å². The van der Waals surface area contributed by atoms with E-state index >= 15 is 0 Å². The predicted molar refractivity (Wildman–Crippen MR) is 36.0 cm³/mol. The van der Waals surface area contributed by atoms with E-state index in [1.807, 2.05) is 5.32 Å². The molecule has 3 amide bonds. The molecule has 0 spiro atoms. The molecule has 10 heavy (non-hydrogen) atoms. The van der Waals surface area contributed by atoms with Crippen LogP contribution >= 0.6 is 11.6 Å². The van der Waals surface area contributed by atoms with E-state index < -0.39 is 17.9 Å². The Morgan fingerprint density at radius 2 is 2.20 bits per heavy atom. The fourth-order valence-electron chi connectivity index (χ4n) is 0.544. The van der Waals surface area contributed by atoms with Gasteiger partial charge < -0.3 is 0 Å². The lowest BCUT2D eigenvalue weighted by molar-refractivity contribution is -0.121. The number of hydrogen-bond acceptors (Lipinski definition) is 2. The maximum absolute atomic E-state index is 10.7. The molecule has 0 aromatic heterocycles. The highest BCUT2D eigenvalue weighted by Gasteiger charge is 2.24. The van der Waals surface area contributed by atoms with Crippen LogP contribution in [0.1, 0.15) is 6.92 Å². The second kappa shape index (κ2) is 2.38. The highest BCUT2D eigenvalue weighted by Crippen LogP contribution is 2.07. The molecule has 0 aromatic rings. The molecule has 1 rings (SSSR count).